The van der Waals surface area contributed by atoms with Crippen molar-refractivity contribution in [1.29, 1.82) is 0 Å². The van der Waals surface area contributed by atoms with Gasteiger partial charge in [-0.15, -0.1) is 0 Å². The van der Waals surface area contributed by atoms with Crippen molar-refractivity contribution in [3.05, 3.63) is 94.6 Å². The highest BCUT2D eigenvalue weighted by molar-refractivity contribution is 5.71. The summed E-state index contributed by atoms with van der Waals surface area (Å²) < 4.78 is 43.5. The molecule has 4 rings (SSSR count). The number of alkyl halides is 2. The zero-order chi connectivity index (χ0) is 26.9. The number of nitrogens with zero attached hydrogens (tertiary/aromatic N) is 4. The van der Waals surface area contributed by atoms with Crippen molar-refractivity contribution in [3.8, 4) is 5.75 Å². The molecule has 0 spiro atoms. The van der Waals surface area contributed by atoms with E-state index in [2.05, 4.69) is 32.8 Å². The molecule has 0 unspecified atom stereocenters. The van der Waals surface area contributed by atoms with Crippen LogP contribution in [-0.4, -0.2) is 26.1 Å². The summed E-state index contributed by atoms with van der Waals surface area (Å²) in [6.45, 7) is 7.06. The van der Waals surface area contributed by atoms with Gasteiger partial charge in [-0.05, 0) is 62.5 Å². The second-order valence-electron chi connectivity index (χ2n) is 8.91. The molecule has 0 atom stereocenters. The number of pyridine rings is 2. The first-order chi connectivity index (χ1) is 17.7. The second kappa shape index (κ2) is 13.0. The molecule has 3 heterocycles. The van der Waals surface area contributed by atoms with Crippen molar-refractivity contribution in [2.24, 2.45) is 0 Å². The van der Waals surface area contributed by atoms with Crippen LogP contribution in [0.2, 0.25) is 0 Å². The average Bonchev–Trinajstić information content (AvgIpc) is 2.87. The zero-order valence-electron chi connectivity index (χ0n) is 21.1. The molecule has 3 aromatic rings. The SMILES string of the molecule is C=C/C(C)=C\C(=C)F.Cc1cnc2cc(C3CCCCC3)c(=O)n(Cc3ncccc3OC(F)F)c2n1. The molecule has 0 bridgehead atoms. The van der Waals surface area contributed by atoms with Crippen LogP contribution in [0.25, 0.3) is 11.2 Å². The van der Waals surface area contributed by atoms with E-state index in [0.29, 0.717) is 22.4 Å². The van der Waals surface area contributed by atoms with E-state index >= 15 is 0 Å². The van der Waals surface area contributed by atoms with Crippen LogP contribution in [0.15, 0.2) is 72.1 Å². The van der Waals surface area contributed by atoms with E-state index in [1.165, 1.54) is 35.4 Å². The van der Waals surface area contributed by atoms with Crippen LogP contribution in [0.5, 0.6) is 5.75 Å². The van der Waals surface area contributed by atoms with Crippen LogP contribution >= 0.6 is 0 Å². The van der Waals surface area contributed by atoms with Gasteiger partial charge >= 0.3 is 6.61 Å². The summed E-state index contributed by atoms with van der Waals surface area (Å²) in [7, 11) is 0. The van der Waals surface area contributed by atoms with E-state index in [-0.39, 0.29) is 29.5 Å². The van der Waals surface area contributed by atoms with E-state index in [0.717, 1.165) is 31.3 Å². The van der Waals surface area contributed by atoms with Crippen molar-refractivity contribution in [2.75, 3.05) is 0 Å². The lowest BCUT2D eigenvalue weighted by Crippen LogP contribution is -2.28. The number of hydrogen-bond donors (Lipinski definition) is 0. The molecule has 3 aromatic heterocycles. The van der Waals surface area contributed by atoms with Crippen LogP contribution in [0.4, 0.5) is 13.2 Å². The van der Waals surface area contributed by atoms with Crippen LogP contribution in [0, 0.1) is 6.92 Å². The van der Waals surface area contributed by atoms with Crippen molar-refractivity contribution in [3.63, 3.8) is 0 Å². The molecular formula is C28H31F3N4O2. The predicted octanol–water partition coefficient (Wildman–Crippen LogP) is 6.79. The molecule has 0 N–H and O–H groups in total. The normalized spacial score (nSPS) is 14.3. The molecule has 1 aliphatic carbocycles. The van der Waals surface area contributed by atoms with Gasteiger partial charge in [-0.2, -0.15) is 8.78 Å². The molecule has 37 heavy (non-hydrogen) atoms. The lowest BCUT2D eigenvalue weighted by molar-refractivity contribution is -0.0507. The number of aryl methyl sites for hydroxylation is 1. The van der Waals surface area contributed by atoms with Gasteiger partial charge in [-0.3, -0.25) is 19.3 Å². The molecule has 6 nitrogen and oxygen atoms in total. The lowest BCUT2D eigenvalue weighted by atomic mass is 9.84. The van der Waals surface area contributed by atoms with Crippen LogP contribution in [-0.2, 0) is 6.54 Å². The molecule has 1 fully saturated rings. The fourth-order valence-corrected chi connectivity index (χ4v) is 4.29. The number of halogens is 3. The van der Waals surface area contributed by atoms with E-state index in [9.17, 15) is 18.0 Å². The smallest absolute Gasteiger partial charge is 0.387 e. The lowest BCUT2D eigenvalue weighted by Gasteiger charge is -2.23. The van der Waals surface area contributed by atoms with E-state index in [4.69, 9.17) is 0 Å². The van der Waals surface area contributed by atoms with Gasteiger partial charge < -0.3 is 4.74 Å². The monoisotopic (exact) mass is 512 g/mol. The number of aromatic nitrogens is 4. The Hall–Kier alpha value is -3.75. The number of fused-ring (bicyclic) bond motifs is 1. The highest BCUT2D eigenvalue weighted by Crippen LogP contribution is 2.32. The highest BCUT2D eigenvalue weighted by atomic mass is 19.3. The summed E-state index contributed by atoms with van der Waals surface area (Å²) >= 11 is 0. The fraction of sp³-hybridized carbons (Fsp3) is 0.357. The second-order valence-corrected chi connectivity index (χ2v) is 8.91. The Labute approximate surface area is 214 Å². The van der Waals surface area contributed by atoms with Crippen LogP contribution in [0.3, 0.4) is 0 Å². The summed E-state index contributed by atoms with van der Waals surface area (Å²) in [5, 5.41) is 0. The third-order valence-electron chi connectivity index (χ3n) is 6.07. The average molecular weight is 513 g/mol. The Morgan fingerprint density at radius 3 is 2.62 bits per heavy atom. The molecule has 0 amide bonds. The third kappa shape index (κ3) is 7.62. The van der Waals surface area contributed by atoms with Gasteiger partial charge in [-0.1, -0.05) is 38.5 Å². The Bertz CT molecular complexity index is 1340. The molecule has 0 radical (unpaired) electrons. The van der Waals surface area contributed by atoms with Gasteiger partial charge in [0, 0.05) is 18.0 Å². The first-order valence-electron chi connectivity index (χ1n) is 12.1. The quantitative estimate of drug-likeness (QED) is 0.326. The first-order valence-corrected chi connectivity index (χ1v) is 12.1. The summed E-state index contributed by atoms with van der Waals surface area (Å²) in [4.78, 5) is 26.5. The Morgan fingerprint density at radius 2 is 2.00 bits per heavy atom. The topological polar surface area (TPSA) is 69.9 Å². The van der Waals surface area contributed by atoms with Crippen LogP contribution < -0.4 is 10.3 Å². The largest absolute Gasteiger partial charge is 0.433 e. The first kappa shape index (κ1) is 27.8. The minimum absolute atomic E-state index is 0.0169. The standard InChI is InChI=1S/C21H22F2N4O2.C7H9F/c1-13-11-25-16-10-15(14-6-3-2-4-7-14)20(28)27(19(16)26-13)12-17-18(29-21(22)23)8-5-9-24-17;1-4-6(2)5-7(3)8/h5,8-11,14,21H,2-4,6-7,12H2,1H3;4-5H,1,3H2,2H3/b;6-5-. The van der Waals surface area contributed by atoms with E-state index < -0.39 is 12.4 Å². The molecule has 9 heteroatoms. The molecule has 196 valence electrons. The molecule has 0 aliphatic heterocycles. The van der Waals surface area contributed by atoms with Gasteiger partial charge in [0.1, 0.15) is 22.8 Å². The van der Waals surface area contributed by atoms with Gasteiger partial charge in [0.05, 0.1) is 12.2 Å². The summed E-state index contributed by atoms with van der Waals surface area (Å²) in [5.74, 6) is -0.302. The third-order valence-corrected chi connectivity index (χ3v) is 6.07. The summed E-state index contributed by atoms with van der Waals surface area (Å²) in [6.07, 6.45) is 11.3. The van der Waals surface area contributed by atoms with Gasteiger partial charge in [0.25, 0.3) is 5.56 Å². The Balaban J connectivity index is 0.000000414. The van der Waals surface area contributed by atoms with Crippen molar-refractivity contribution in [1.82, 2.24) is 19.5 Å². The Morgan fingerprint density at radius 1 is 1.27 bits per heavy atom. The minimum Gasteiger partial charge on any atom is -0.433 e. The van der Waals surface area contributed by atoms with Gasteiger partial charge in [0.15, 0.2) is 5.65 Å². The maximum absolute atomic E-state index is 13.4. The van der Waals surface area contributed by atoms with Crippen molar-refractivity contribution >= 4 is 11.2 Å². The molecular weight excluding hydrogens is 481 g/mol. The molecule has 0 aromatic carbocycles. The number of allylic oxidation sites excluding steroid dienone is 4. The molecule has 0 saturated heterocycles. The Kier molecular flexibility index (Phi) is 9.77. The van der Waals surface area contributed by atoms with E-state index in [1.807, 2.05) is 6.07 Å². The summed E-state index contributed by atoms with van der Waals surface area (Å²) in [5.41, 5.74) is 3.28. The van der Waals surface area contributed by atoms with Crippen LogP contribution in [0.1, 0.15) is 61.9 Å². The van der Waals surface area contributed by atoms with E-state index in [1.54, 1.807) is 26.1 Å². The number of ether oxygens (including phenoxy) is 1. The van der Waals surface area contributed by atoms with Gasteiger partial charge in [-0.25, -0.2) is 9.37 Å². The maximum Gasteiger partial charge on any atom is 0.387 e. The highest BCUT2D eigenvalue weighted by Gasteiger charge is 2.22. The minimum atomic E-state index is -2.97. The zero-order valence-corrected chi connectivity index (χ0v) is 21.1. The predicted molar refractivity (Wildman–Crippen MR) is 139 cm³/mol. The molecule has 1 saturated carbocycles. The van der Waals surface area contributed by atoms with Gasteiger partial charge in [0.2, 0.25) is 0 Å². The number of hydrogen-bond acceptors (Lipinski definition) is 5. The maximum atomic E-state index is 13.4. The number of rotatable bonds is 7. The van der Waals surface area contributed by atoms with Crippen molar-refractivity contribution in [2.45, 2.75) is 65.0 Å². The summed E-state index contributed by atoms with van der Waals surface area (Å²) in [6, 6.07) is 4.78. The molecule has 1 aliphatic rings. The fourth-order valence-electron chi connectivity index (χ4n) is 4.29. The van der Waals surface area contributed by atoms with Crippen molar-refractivity contribution < 1.29 is 17.9 Å².